The van der Waals surface area contributed by atoms with Gasteiger partial charge in [0.05, 0.1) is 7.11 Å². The summed E-state index contributed by atoms with van der Waals surface area (Å²) >= 11 is 1.56. The molecule has 0 spiro atoms. The van der Waals surface area contributed by atoms with E-state index in [2.05, 4.69) is 18.2 Å². The molecule has 0 saturated heterocycles. The third-order valence-electron chi connectivity index (χ3n) is 3.73. The molecule has 94 valence electrons. The molecule has 2 atom stereocenters. The number of aryl methyl sites for hydroxylation is 1. The Morgan fingerprint density at radius 1 is 1.44 bits per heavy atom. The number of hydrogen-bond donors (Lipinski definition) is 1. The summed E-state index contributed by atoms with van der Waals surface area (Å²) < 4.78 is 4.80. The first kappa shape index (κ1) is 11.7. The van der Waals surface area contributed by atoms with Gasteiger partial charge in [-0.1, -0.05) is 24.3 Å². The molecule has 2 aliphatic rings. The lowest BCUT2D eigenvalue weighted by atomic mass is 9.82. The number of carbonyl (C=O) groups is 1. The molecule has 3 nitrogen and oxygen atoms in total. The van der Waals surface area contributed by atoms with E-state index < -0.39 is 0 Å². The molecule has 1 aliphatic carbocycles. The van der Waals surface area contributed by atoms with Gasteiger partial charge in [0.2, 0.25) is 0 Å². The number of hydrogen-bond acceptors (Lipinski definition) is 4. The molecule has 1 heterocycles. The lowest BCUT2D eigenvalue weighted by Gasteiger charge is -2.28. The van der Waals surface area contributed by atoms with Gasteiger partial charge in [0.1, 0.15) is 4.91 Å². The minimum Gasteiger partial charge on any atom is -0.465 e. The van der Waals surface area contributed by atoms with Crippen molar-refractivity contribution < 1.29 is 9.53 Å². The molecule has 0 saturated carbocycles. The molecule has 0 amide bonds. The smallest absolute Gasteiger partial charge is 0.346 e. The van der Waals surface area contributed by atoms with Crippen molar-refractivity contribution in [2.75, 3.05) is 7.11 Å². The fourth-order valence-corrected chi connectivity index (χ4v) is 4.33. The summed E-state index contributed by atoms with van der Waals surface area (Å²) in [5.74, 6) is -0.0246. The maximum Gasteiger partial charge on any atom is 0.346 e. The SMILES string of the molecule is COC(=O)C1=C(N)[C@@H]2CCc3ccccc3[C@H]2S1. The van der Waals surface area contributed by atoms with Crippen LogP contribution >= 0.6 is 11.8 Å². The summed E-state index contributed by atoms with van der Waals surface area (Å²) in [4.78, 5) is 12.3. The highest BCUT2D eigenvalue weighted by Gasteiger charge is 2.41. The van der Waals surface area contributed by atoms with Crippen molar-refractivity contribution in [1.29, 1.82) is 0 Å². The average molecular weight is 261 g/mol. The Morgan fingerprint density at radius 3 is 3.00 bits per heavy atom. The molecule has 0 fully saturated rings. The largest absolute Gasteiger partial charge is 0.465 e. The first-order valence-electron chi connectivity index (χ1n) is 6.04. The second-order valence-electron chi connectivity index (χ2n) is 4.66. The van der Waals surface area contributed by atoms with Crippen molar-refractivity contribution in [3.05, 3.63) is 46.0 Å². The minimum absolute atomic E-state index is 0.277. The molecule has 2 N–H and O–H groups in total. The molecule has 0 bridgehead atoms. The van der Waals surface area contributed by atoms with Crippen LogP contribution < -0.4 is 5.73 Å². The minimum atomic E-state index is -0.301. The van der Waals surface area contributed by atoms with E-state index in [9.17, 15) is 4.79 Å². The van der Waals surface area contributed by atoms with Crippen molar-refractivity contribution in [3.8, 4) is 0 Å². The molecule has 0 aromatic heterocycles. The van der Waals surface area contributed by atoms with E-state index in [1.807, 2.05) is 6.07 Å². The summed E-state index contributed by atoms with van der Waals surface area (Å²) in [7, 11) is 1.40. The van der Waals surface area contributed by atoms with Gasteiger partial charge in [0, 0.05) is 16.9 Å². The number of carbonyl (C=O) groups excluding carboxylic acids is 1. The maximum absolute atomic E-state index is 11.7. The van der Waals surface area contributed by atoms with Gasteiger partial charge in [-0.25, -0.2) is 4.79 Å². The fraction of sp³-hybridized carbons (Fsp3) is 0.357. The Morgan fingerprint density at radius 2 is 2.22 bits per heavy atom. The number of ether oxygens (including phenoxy) is 1. The molecule has 1 aromatic carbocycles. The van der Waals surface area contributed by atoms with E-state index in [4.69, 9.17) is 10.5 Å². The maximum atomic E-state index is 11.7. The molecule has 0 unspecified atom stereocenters. The van der Waals surface area contributed by atoms with E-state index in [-0.39, 0.29) is 17.1 Å². The molecular formula is C14H15NO2S. The van der Waals surface area contributed by atoms with Crippen LogP contribution in [0.1, 0.15) is 22.8 Å². The van der Waals surface area contributed by atoms with Crippen LogP contribution in [0.3, 0.4) is 0 Å². The van der Waals surface area contributed by atoms with E-state index in [0.29, 0.717) is 10.6 Å². The quantitative estimate of drug-likeness (QED) is 0.789. The number of methoxy groups -OCH3 is 1. The summed E-state index contributed by atoms with van der Waals surface area (Å²) in [5, 5.41) is 0.282. The van der Waals surface area contributed by atoms with Crippen LogP contribution in [0.25, 0.3) is 0 Å². The lowest BCUT2D eigenvalue weighted by Crippen LogP contribution is -2.20. The zero-order valence-electron chi connectivity index (χ0n) is 10.2. The number of allylic oxidation sites excluding steroid dienone is 1. The van der Waals surface area contributed by atoms with Crippen LogP contribution in [-0.4, -0.2) is 13.1 Å². The number of rotatable bonds is 1. The summed E-state index contributed by atoms with van der Waals surface area (Å²) in [6.45, 7) is 0. The van der Waals surface area contributed by atoms with Crippen molar-refractivity contribution in [2.24, 2.45) is 11.7 Å². The summed E-state index contributed by atoms with van der Waals surface area (Å²) in [6.07, 6.45) is 2.05. The zero-order chi connectivity index (χ0) is 12.7. The molecule has 1 aromatic rings. The van der Waals surface area contributed by atoms with Gasteiger partial charge in [-0.2, -0.15) is 0 Å². The fourth-order valence-electron chi connectivity index (χ4n) is 2.80. The monoisotopic (exact) mass is 261 g/mol. The second kappa shape index (κ2) is 4.35. The Labute approximate surface area is 110 Å². The summed E-state index contributed by atoms with van der Waals surface area (Å²) in [5.41, 5.74) is 9.54. The van der Waals surface area contributed by atoms with E-state index >= 15 is 0 Å². The van der Waals surface area contributed by atoms with E-state index in [1.54, 1.807) is 11.8 Å². The third-order valence-corrected chi connectivity index (χ3v) is 5.20. The van der Waals surface area contributed by atoms with Crippen molar-refractivity contribution >= 4 is 17.7 Å². The molecule has 0 radical (unpaired) electrons. The summed E-state index contributed by atoms with van der Waals surface area (Å²) in [6, 6.07) is 8.43. The first-order chi connectivity index (χ1) is 8.72. The first-order valence-corrected chi connectivity index (χ1v) is 6.92. The molecule has 1 aliphatic heterocycles. The van der Waals surface area contributed by atoms with E-state index in [0.717, 1.165) is 12.8 Å². The van der Waals surface area contributed by atoms with Gasteiger partial charge in [-0.15, -0.1) is 11.8 Å². The van der Waals surface area contributed by atoms with Crippen molar-refractivity contribution in [1.82, 2.24) is 0 Å². The highest BCUT2D eigenvalue weighted by atomic mass is 32.2. The van der Waals surface area contributed by atoms with Gasteiger partial charge in [-0.3, -0.25) is 0 Å². The van der Waals surface area contributed by atoms with Crippen LogP contribution in [0, 0.1) is 5.92 Å². The molecular weight excluding hydrogens is 246 g/mol. The Hall–Kier alpha value is -1.42. The number of nitrogens with two attached hydrogens (primary N) is 1. The molecule has 4 heteroatoms. The lowest BCUT2D eigenvalue weighted by molar-refractivity contribution is -0.135. The standard InChI is InChI=1S/C14H15NO2S/c1-17-14(16)13-11(15)10-7-6-8-4-2-3-5-9(8)12(10)18-13/h2-5,10,12H,6-7,15H2,1H3/t10-,12+/m0/s1. The second-order valence-corrected chi connectivity index (χ2v) is 5.81. The predicted molar refractivity (Wildman–Crippen MR) is 71.8 cm³/mol. The van der Waals surface area contributed by atoms with Gasteiger partial charge in [-0.05, 0) is 24.0 Å². The molecule has 18 heavy (non-hydrogen) atoms. The van der Waals surface area contributed by atoms with Gasteiger partial charge >= 0.3 is 5.97 Å². The van der Waals surface area contributed by atoms with Crippen LogP contribution in [0.2, 0.25) is 0 Å². The van der Waals surface area contributed by atoms with Crippen LogP contribution in [0.4, 0.5) is 0 Å². The Kier molecular flexibility index (Phi) is 2.82. The van der Waals surface area contributed by atoms with Crippen LogP contribution in [-0.2, 0) is 16.0 Å². The van der Waals surface area contributed by atoms with Crippen molar-refractivity contribution in [2.45, 2.75) is 18.1 Å². The highest BCUT2D eigenvalue weighted by Crippen LogP contribution is 2.54. The van der Waals surface area contributed by atoms with E-state index in [1.165, 1.54) is 18.2 Å². The predicted octanol–water partition coefficient (Wildman–Crippen LogP) is 2.38. The van der Waals surface area contributed by atoms with Crippen molar-refractivity contribution in [3.63, 3.8) is 0 Å². The number of thioether (sulfide) groups is 1. The number of esters is 1. The average Bonchev–Trinajstić information content (AvgIpc) is 2.76. The third kappa shape index (κ3) is 1.63. The van der Waals surface area contributed by atoms with Crippen LogP contribution in [0.5, 0.6) is 0 Å². The Balaban J connectivity index is 1.98. The number of fused-ring (bicyclic) bond motifs is 3. The van der Waals surface area contributed by atoms with Gasteiger partial charge in [0.25, 0.3) is 0 Å². The zero-order valence-corrected chi connectivity index (χ0v) is 11.0. The van der Waals surface area contributed by atoms with Gasteiger partial charge < -0.3 is 10.5 Å². The van der Waals surface area contributed by atoms with Gasteiger partial charge in [0.15, 0.2) is 0 Å². The highest BCUT2D eigenvalue weighted by molar-refractivity contribution is 8.04. The topological polar surface area (TPSA) is 52.3 Å². The normalized spacial score (nSPS) is 25.6. The number of benzene rings is 1. The van der Waals surface area contributed by atoms with Crippen LogP contribution in [0.15, 0.2) is 34.9 Å². The molecule has 3 rings (SSSR count). The Bertz CT molecular complexity index is 538.